The molecular weight excluding hydrogens is 319 g/mol. The van der Waals surface area contributed by atoms with Gasteiger partial charge in [0, 0.05) is 38.4 Å². The third-order valence-corrected chi connectivity index (χ3v) is 3.38. The van der Waals surface area contributed by atoms with Crippen molar-refractivity contribution < 1.29 is 18.0 Å². The van der Waals surface area contributed by atoms with Crippen LogP contribution in [0.15, 0.2) is 48.8 Å². The Hall–Kier alpha value is -2.41. The van der Waals surface area contributed by atoms with Crippen molar-refractivity contribution in [2.24, 2.45) is 0 Å². The molecule has 24 heavy (non-hydrogen) atoms. The van der Waals surface area contributed by atoms with Crippen LogP contribution in [-0.4, -0.2) is 17.4 Å². The van der Waals surface area contributed by atoms with Crippen LogP contribution in [0.1, 0.15) is 23.1 Å². The van der Waals surface area contributed by atoms with Crippen LogP contribution in [-0.2, 0) is 24.1 Å². The fourth-order valence-corrected chi connectivity index (χ4v) is 2.17. The fourth-order valence-electron chi connectivity index (χ4n) is 2.17. The van der Waals surface area contributed by atoms with Gasteiger partial charge in [0.05, 0.1) is 5.56 Å². The summed E-state index contributed by atoms with van der Waals surface area (Å²) in [6.45, 7) is 0.736. The summed E-state index contributed by atoms with van der Waals surface area (Å²) in [6.07, 6.45) is -0.881. The van der Waals surface area contributed by atoms with E-state index in [0.717, 1.165) is 11.6 Å². The summed E-state index contributed by atoms with van der Waals surface area (Å²) < 4.78 is 38.6. The molecule has 0 atom stereocenters. The van der Waals surface area contributed by atoms with Gasteiger partial charge in [0.15, 0.2) is 0 Å². The number of hydrogen-bond donors (Lipinski definition) is 2. The van der Waals surface area contributed by atoms with Gasteiger partial charge < -0.3 is 10.6 Å². The summed E-state index contributed by atoms with van der Waals surface area (Å²) in [6, 6.07) is 9.03. The monoisotopic (exact) mass is 337 g/mol. The Bertz CT molecular complexity index is 660. The van der Waals surface area contributed by atoms with E-state index in [9.17, 15) is 18.0 Å². The molecule has 0 aliphatic heterocycles. The van der Waals surface area contributed by atoms with Crippen LogP contribution in [0.25, 0.3) is 0 Å². The van der Waals surface area contributed by atoms with E-state index in [-0.39, 0.29) is 24.4 Å². The number of carbonyl (C=O) groups excluding carboxylic acids is 1. The summed E-state index contributed by atoms with van der Waals surface area (Å²) in [5.74, 6) is -0.171. The molecule has 0 aliphatic carbocycles. The SMILES string of the molecule is O=C(CCNCc1ccccc1C(F)(F)F)NCc1cccnc1. The molecule has 2 rings (SSSR count). The minimum atomic E-state index is -4.38. The third-order valence-electron chi connectivity index (χ3n) is 3.38. The molecule has 2 aromatic rings. The number of nitrogens with one attached hydrogen (secondary N) is 2. The second-order valence-corrected chi connectivity index (χ2v) is 5.22. The number of hydrogen-bond acceptors (Lipinski definition) is 3. The quantitative estimate of drug-likeness (QED) is 0.764. The topological polar surface area (TPSA) is 54.0 Å². The van der Waals surface area contributed by atoms with Crippen molar-refractivity contribution in [2.75, 3.05) is 6.54 Å². The van der Waals surface area contributed by atoms with Gasteiger partial charge in [-0.2, -0.15) is 13.2 Å². The van der Waals surface area contributed by atoms with Crippen LogP contribution in [0.5, 0.6) is 0 Å². The summed E-state index contributed by atoms with van der Waals surface area (Å²) >= 11 is 0. The molecule has 0 saturated heterocycles. The van der Waals surface area contributed by atoms with Crippen molar-refractivity contribution in [2.45, 2.75) is 25.7 Å². The van der Waals surface area contributed by atoms with Gasteiger partial charge in [-0.25, -0.2) is 0 Å². The Morgan fingerprint density at radius 1 is 1.08 bits per heavy atom. The molecule has 0 aliphatic rings. The zero-order valence-electron chi connectivity index (χ0n) is 12.9. The Kier molecular flexibility index (Phi) is 6.31. The average molecular weight is 337 g/mol. The van der Waals surface area contributed by atoms with E-state index in [4.69, 9.17) is 0 Å². The lowest BCUT2D eigenvalue weighted by molar-refractivity contribution is -0.138. The van der Waals surface area contributed by atoms with Crippen LogP contribution >= 0.6 is 0 Å². The molecule has 0 radical (unpaired) electrons. The van der Waals surface area contributed by atoms with Gasteiger partial charge in [-0.15, -0.1) is 0 Å². The maximum absolute atomic E-state index is 12.9. The first-order valence-corrected chi connectivity index (χ1v) is 7.48. The number of pyridine rings is 1. The predicted molar refractivity (Wildman–Crippen MR) is 83.9 cm³/mol. The Labute approximate surface area is 138 Å². The number of carbonyl (C=O) groups is 1. The number of benzene rings is 1. The zero-order chi connectivity index (χ0) is 17.4. The lowest BCUT2D eigenvalue weighted by Gasteiger charge is -2.13. The Morgan fingerprint density at radius 3 is 2.58 bits per heavy atom. The standard InChI is InChI=1S/C17H18F3N3O/c18-17(19,20)15-6-2-1-5-14(15)12-22-9-7-16(24)23-11-13-4-3-8-21-10-13/h1-6,8,10,22H,7,9,11-12H2,(H,23,24). The molecule has 4 nitrogen and oxygen atoms in total. The molecule has 1 heterocycles. The first kappa shape index (κ1) is 17.9. The van der Waals surface area contributed by atoms with Gasteiger partial charge in [0.1, 0.15) is 0 Å². The lowest BCUT2D eigenvalue weighted by Crippen LogP contribution is -2.27. The zero-order valence-corrected chi connectivity index (χ0v) is 12.9. The number of nitrogens with zero attached hydrogens (tertiary/aromatic N) is 1. The largest absolute Gasteiger partial charge is 0.416 e. The van der Waals surface area contributed by atoms with Crippen LogP contribution in [0.2, 0.25) is 0 Å². The van der Waals surface area contributed by atoms with Crippen molar-refractivity contribution in [3.05, 3.63) is 65.5 Å². The number of aromatic nitrogens is 1. The van der Waals surface area contributed by atoms with Crippen LogP contribution in [0, 0.1) is 0 Å². The third kappa shape index (κ3) is 5.66. The van der Waals surface area contributed by atoms with Crippen molar-refractivity contribution >= 4 is 5.91 Å². The van der Waals surface area contributed by atoms with Gasteiger partial charge in [-0.1, -0.05) is 24.3 Å². The maximum Gasteiger partial charge on any atom is 0.416 e. The van der Waals surface area contributed by atoms with E-state index in [1.165, 1.54) is 12.1 Å². The first-order valence-electron chi connectivity index (χ1n) is 7.48. The van der Waals surface area contributed by atoms with E-state index in [2.05, 4.69) is 15.6 Å². The number of halogens is 3. The van der Waals surface area contributed by atoms with E-state index in [1.54, 1.807) is 24.5 Å². The molecule has 1 amide bonds. The van der Waals surface area contributed by atoms with Crippen molar-refractivity contribution in [3.63, 3.8) is 0 Å². The van der Waals surface area contributed by atoms with Crippen molar-refractivity contribution in [1.29, 1.82) is 0 Å². The van der Waals surface area contributed by atoms with Gasteiger partial charge in [0.25, 0.3) is 0 Å². The predicted octanol–water partition coefficient (Wildman–Crippen LogP) is 2.90. The molecule has 0 fully saturated rings. The van der Waals surface area contributed by atoms with Crippen LogP contribution in [0.3, 0.4) is 0 Å². The van der Waals surface area contributed by atoms with Gasteiger partial charge in [-0.05, 0) is 23.3 Å². The normalized spacial score (nSPS) is 11.3. The fraction of sp³-hybridized carbons (Fsp3) is 0.294. The highest BCUT2D eigenvalue weighted by atomic mass is 19.4. The first-order chi connectivity index (χ1) is 11.5. The molecule has 0 spiro atoms. The molecule has 128 valence electrons. The summed E-state index contributed by atoms with van der Waals surface area (Å²) in [5, 5.41) is 5.60. The number of amides is 1. The summed E-state index contributed by atoms with van der Waals surface area (Å²) in [5.41, 5.74) is 0.400. The molecule has 2 N–H and O–H groups in total. The molecule has 1 aromatic heterocycles. The van der Waals surface area contributed by atoms with E-state index in [1.807, 2.05) is 6.07 Å². The molecule has 1 aromatic carbocycles. The molecule has 0 saturated carbocycles. The van der Waals surface area contributed by atoms with E-state index < -0.39 is 11.7 Å². The summed E-state index contributed by atoms with van der Waals surface area (Å²) in [4.78, 5) is 15.6. The number of rotatable bonds is 7. The minimum absolute atomic E-state index is 0.0611. The highest BCUT2D eigenvalue weighted by Gasteiger charge is 2.32. The van der Waals surface area contributed by atoms with Crippen LogP contribution in [0.4, 0.5) is 13.2 Å². The second-order valence-electron chi connectivity index (χ2n) is 5.22. The average Bonchev–Trinajstić information content (AvgIpc) is 2.57. The van der Waals surface area contributed by atoms with Crippen molar-refractivity contribution in [3.8, 4) is 0 Å². The number of alkyl halides is 3. The Morgan fingerprint density at radius 2 is 1.88 bits per heavy atom. The minimum Gasteiger partial charge on any atom is -0.352 e. The summed E-state index contributed by atoms with van der Waals surface area (Å²) in [7, 11) is 0. The van der Waals surface area contributed by atoms with E-state index in [0.29, 0.717) is 13.1 Å². The van der Waals surface area contributed by atoms with Crippen LogP contribution < -0.4 is 10.6 Å². The lowest BCUT2D eigenvalue weighted by atomic mass is 10.1. The van der Waals surface area contributed by atoms with Gasteiger partial charge in [0.2, 0.25) is 5.91 Å². The van der Waals surface area contributed by atoms with Gasteiger partial charge >= 0.3 is 6.18 Å². The highest BCUT2D eigenvalue weighted by molar-refractivity contribution is 5.76. The molecule has 0 bridgehead atoms. The highest BCUT2D eigenvalue weighted by Crippen LogP contribution is 2.31. The molecular formula is C17H18F3N3O. The van der Waals surface area contributed by atoms with Gasteiger partial charge in [-0.3, -0.25) is 9.78 Å². The maximum atomic E-state index is 12.9. The smallest absolute Gasteiger partial charge is 0.352 e. The molecule has 0 unspecified atom stereocenters. The van der Waals surface area contributed by atoms with E-state index >= 15 is 0 Å². The molecule has 7 heteroatoms. The second kappa shape index (κ2) is 8.44. The Balaban J connectivity index is 1.72. The van der Waals surface area contributed by atoms with Crippen molar-refractivity contribution in [1.82, 2.24) is 15.6 Å².